The summed E-state index contributed by atoms with van der Waals surface area (Å²) in [6, 6.07) is 5.50. The van der Waals surface area contributed by atoms with Crippen molar-refractivity contribution in [2.75, 3.05) is 40.8 Å². The van der Waals surface area contributed by atoms with Crippen molar-refractivity contribution in [2.24, 2.45) is 5.92 Å². The Morgan fingerprint density at radius 1 is 1.55 bits per heavy atom. The summed E-state index contributed by atoms with van der Waals surface area (Å²) >= 11 is 3.39. The highest BCUT2D eigenvalue weighted by atomic mass is 79.9. The number of rotatable bonds is 4. The average Bonchev–Trinajstić information content (AvgIpc) is 2.83. The molecule has 1 saturated heterocycles. The summed E-state index contributed by atoms with van der Waals surface area (Å²) in [7, 11) is 5.58. The molecule has 0 aliphatic carbocycles. The highest BCUT2D eigenvalue weighted by Crippen LogP contribution is 2.25. The van der Waals surface area contributed by atoms with E-state index < -0.39 is 0 Å². The van der Waals surface area contributed by atoms with Gasteiger partial charge in [-0.05, 0) is 44.1 Å². The van der Waals surface area contributed by atoms with Crippen molar-refractivity contribution in [3.8, 4) is 5.75 Å². The molecule has 1 fully saturated rings. The molecular weight excluding hydrogens is 320 g/mol. The minimum Gasteiger partial charge on any atom is -0.496 e. The van der Waals surface area contributed by atoms with E-state index in [0.29, 0.717) is 17.2 Å². The predicted octanol–water partition coefficient (Wildman–Crippen LogP) is 2.48. The lowest BCUT2D eigenvalue weighted by molar-refractivity contribution is 0.0770. The number of amides is 1. The Kier molecular flexibility index (Phi) is 5.05. The summed E-state index contributed by atoms with van der Waals surface area (Å²) in [5.74, 6) is 1.19. The van der Waals surface area contributed by atoms with Crippen LogP contribution in [0.4, 0.5) is 0 Å². The smallest absolute Gasteiger partial charge is 0.257 e. The lowest BCUT2D eigenvalue weighted by Gasteiger charge is -2.22. The average molecular weight is 341 g/mol. The molecule has 0 saturated carbocycles. The number of carbonyl (C=O) groups excluding carboxylic acids is 1. The van der Waals surface area contributed by atoms with Gasteiger partial charge in [0.05, 0.1) is 12.7 Å². The van der Waals surface area contributed by atoms with Crippen LogP contribution in [0.15, 0.2) is 22.7 Å². The van der Waals surface area contributed by atoms with Crippen LogP contribution < -0.4 is 4.74 Å². The highest BCUT2D eigenvalue weighted by molar-refractivity contribution is 9.10. The number of ether oxygens (including phenoxy) is 1. The van der Waals surface area contributed by atoms with E-state index in [9.17, 15) is 4.79 Å². The third-order valence-electron chi connectivity index (χ3n) is 3.76. The summed E-state index contributed by atoms with van der Waals surface area (Å²) < 4.78 is 6.21. The van der Waals surface area contributed by atoms with E-state index in [0.717, 1.165) is 30.5 Å². The number of hydrogen-bond acceptors (Lipinski definition) is 3. The summed E-state index contributed by atoms with van der Waals surface area (Å²) in [5.41, 5.74) is 0.615. The van der Waals surface area contributed by atoms with Crippen LogP contribution in [0.5, 0.6) is 5.75 Å². The summed E-state index contributed by atoms with van der Waals surface area (Å²) in [4.78, 5) is 16.6. The van der Waals surface area contributed by atoms with E-state index in [1.54, 1.807) is 12.0 Å². The number of hydrogen-bond donors (Lipinski definition) is 0. The highest BCUT2D eigenvalue weighted by Gasteiger charge is 2.24. The molecule has 0 bridgehead atoms. The standard InChI is InChI=1S/C15H21BrN2O2/c1-17-7-6-11(9-17)10-18(2)15(19)13-5-4-12(16)8-14(13)20-3/h4-5,8,11H,6-7,9-10H2,1-3H3. The second kappa shape index (κ2) is 6.59. The second-order valence-electron chi connectivity index (χ2n) is 5.45. The van der Waals surface area contributed by atoms with Crippen molar-refractivity contribution in [3.63, 3.8) is 0 Å². The number of halogens is 1. The predicted molar refractivity (Wildman–Crippen MR) is 83.3 cm³/mol. The number of nitrogens with zero attached hydrogens (tertiary/aromatic N) is 2. The van der Waals surface area contributed by atoms with Crippen LogP contribution in [0.25, 0.3) is 0 Å². The molecule has 1 aromatic rings. The normalized spacial score (nSPS) is 19.1. The Bertz CT molecular complexity index is 493. The molecule has 0 radical (unpaired) electrons. The molecule has 1 aliphatic rings. The van der Waals surface area contributed by atoms with E-state index in [2.05, 4.69) is 27.9 Å². The van der Waals surface area contributed by atoms with E-state index >= 15 is 0 Å². The molecule has 1 unspecified atom stereocenters. The van der Waals surface area contributed by atoms with Crippen molar-refractivity contribution in [3.05, 3.63) is 28.2 Å². The molecule has 4 nitrogen and oxygen atoms in total. The zero-order chi connectivity index (χ0) is 14.7. The Hall–Kier alpha value is -1.07. The number of carbonyl (C=O) groups is 1. The zero-order valence-corrected chi connectivity index (χ0v) is 13.8. The van der Waals surface area contributed by atoms with Crippen LogP contribution in [0, 0.1) is 5.92 Å². The van der Waals surface area contributed by atoms with Crippen LogP contribution in [0.3, 0.4) is 0 Å². The van der Waals surface area contributed by atoms with Crippen LogP contribution in [-0.2, 0) is 0 Å². The van der Waals surface area contributed by atoms with Gasteiger partial charge in [-0.2, -0.15) is 0 Å². The molecule has 1 atom stereocenters. The molecule has 2 rings (SSSR count). The Morgan fingerprint density at radius 3 is 2.90 bits per heavy atom. The third kappa shape index (κ3) is 3.52. The molecule has 110 valence electrons. The second-order valence-corrected chi connectivity index (χ2v) is 6.36. The van der Waals surface area contributed by atoms with Crippen LogP contribution in [0.2, 0.25) is 0 Å². The molecule has 1 amide bonds. The van der Waals surface area contributed by atoms with Gasteiger partial charge >= 0.3 is 0 Å². The lowest BCUT2D eigenvalue weighted by Crippen LogP contribution is -2.33. The van der Waals surface area contributed by atoms with Crippen molar-refractivity contribution in [1.29, 1.82) is 0 Å². The van der Waals surface area contributed by atoms with Gasteiger partial charge in [-0.25, -0.2) is 0 Å². The quantitative estimate of drug-likeness (QED) is 0.844. The van der Waals surface area contributed by atoms with Gasteiger partial charge in [0.2, 0.25) is 0 Å². The maximum Gasteiger partial charge on any atom is 0.257 e. The van der Waals surface area contributed by atoms with E-state index in [1.807, 2.05) is 25.2 Å². The van der Waals surface area contributed by atoms with E-state index in [4.69, 9.17) is 4.74 Å². The summed E-state index contributed by atoms with van der Waals surface area (Å²) in [6.45, 7) is 2.98. The first-order chi connectivity index (χ1) is 9.51. The zero-order valence-electron chi connectivity index (χ0n) is 12.2. The molecule has 0 spiro atoms. The van der Waals surface area contributed by atoms with E-state index in [1.165, 1.54) is 0 Å². The fourth-order valence-corrected chi connectivity index (χ4v) is 3.03. The number of likely N-dealkylation sites (tertiary alicyclic amines) is 1. The van der Waals surface area contributed by atoms with Crippen LogP contribution in [-0.4, -0.2) is 56.5 Å². The first kappa shape index (κ1) is 15.3. The van der Waals surface area contributed by atoms with Gasteiger partial charge in [0.25, 0.3) is 5.91 Å². The van der Waals surface area contributed by atoms with Gasteiger partial charge in [-0.3, -0.25) is 4.79 Å². The Morgan fingerprint density at radius 2 is 2.30 bits per heavy atom. The SMILES string of the molecule is COc1cc(Br)ccc1C(=O)N(C)CC1CCN(C)C1. The van der Waals surface area contributed by atoms with Gasteiger partial charge in [0, 0.05) is 24.6 Å². The van der Waals surface area contributed by atoms with Crippen molar-refractivity contribution in [2.45, 2.75) is 6.42 Å². The Labute approximate surface area is 128 Å². The van der Waals surface area contributed by atoms with E-state index in [-0.39, 0.29) is 5.91 Å². The largest absolute Gasteiger partial charge is 0.496 e. The molecule has 5 heteroatoms. The minimum atomic E-state index is 0.0175. The van der Waals surface area contributed by atoms with Gasteiger partial charge in [-0.15, -0.1) is 0 Å². The molecule has 1 aliphatic heterocycles. The van der Waals surface area contributed by atoms with Crippen molar-refractivity contribution < 1.29 is 9.53 Å². The first-order valence-electron chi connectivity index (χ1n) is 6.78. The maximum absolute atomic E-state index is 12.5. The minimum absolute atomic E-state index is 0.0175. The van der Waals surface area contributed by atoms with Crippen LogP contribution >= 0.6 is 15.9 Å². The van der Waals surface area contributed by atoms with Gasteiger partial charge in [0.15, 0.2) is 0 Å². The molecule has 0 aromatic heterocycles. The summed E-state index contributed by atoms with van der Waals surface area (Å²) in [6.07, 6.45) is 1.16. The van der Waals surface area contributed by atoms with Gasteiger partial charge in [-0.1, -0.05) is 15.9 Å². The number of benzene rings is 1. The van der Waals surface area contributed by atoms with Crippen molar-refractivity contribution >= 4 is 21.8 Å². The van der Waals surface area contributed by atoms with Gasteiger partial charge in [0.1, 0.15) is 5.75 Å². The fraction of sp³-hybridized carbons (Fsp3) is 0.533. The Balaban J connectivity index is 2.06. The molecule has 20 heavy (non-hydrogen) atoms. The van der Waals surface area contributed by atoms with Gasteiger partial charge < -0.3 is 14.5 Å². The maximum atomic E-state index is 12.5. The van der Waals surface area contributed by atoms with Crippen molar-refractivity contribution in [1.82, 2.24) is 9.80 Å². The van der Waals surface area contributed by atoms with Crippen LogP contribution in [0.1, 0.15) is 16.8 Å². The molecule has 0 N–H and O–H groups in total. The monoisotopic (exact) mass is 340 g/mol. The molecule has 1 heterocycles. The molecule has 1 aromatic carbocycles. The summed E-state index contributed by atoms with van der Waals surface area (Å²) in [5, 5.41) is 0. The number of methoxy groups -OCH3 is 1. The topological polar surface area (TPSA) is 32.8 Å². The fourth-order valence-electron chi connectivity index (χ4n) is 2.69. The molecular formula is C15H21BrN2O2. The lowest BCUT2D eigenvalue weighted by atomic mass is 10.1. The third-order valence-corrected chi connectivity index (χ3v) is 4.25. The first-order valence-corrected chi connectivity index (χ1v) is 7.58.